The zero-order valence-electron chi connectivity index (χ0n) is 6.78. The molecule has 13 heavy (non-hydrogen) atoms. The smallest absolute Gasteiger partial charge is 0.369 e. The Morgan fingerprint density at radius 2 is 1.69 bits per heavy atom. The highest BCUT2D eigenvalue weighted by Gasteiger charge is 2.14. The van der Waals surface area contributed by atoms with Crippen LogP contribution < -0.4 is 25.9 Å². The normalized spacial score (nSPS) is 9.23. The second-order valence-electron chi connectivity index (χ2n) is 2.31. The number of thiophene rings is 1. The molecule has 0 bridgehead atoms. The van der Waals surface area contributed by atoms with Crippen LogP contribution in [0.15, 0.2) is 47.8 Å². The highest BCUT2D eigenvalue weighted by Crippen LogP contribution is 1.94. The lowest BCUT2D eigenvalue weighted by molar-refractivity contribution is -0.591. The predicted molar refractivity (Wildman–Crippen MR) is 48.2 cm³/mol. The van der Waals surface area contributed by atoms with Crippen LogP contribution in [0.2, 0.25) is 0 Å². The van der Waals surface area contributed by atoms with E-state index in [2.05, 4.69) is 47.8 Å². The molecule has 2 aromatic rings. The lowest BCUT2D eigenvalue weighted by Crippen LogP contribution is -3.61. The van der Waals surface area contributed by atoms with E-state index in [9.17, 15) is 0 Å². The van der Waals surface area contributed by atoms with E-state index in [-0.39, 0.29) is 25.9 Å². The standard InChI is InChI=1S/C10H8IS.FH/c1-2-5-9(6-3-1)11-10-7-4-8-12-10;/h1-8H;1H/q+1;/p-1. The summed E-state index contributed by atoms with van der Waals surface area (Å²) in [7, 11) is 0. The van der Waals surface area contributed by atoms with Crippen LogP contribution >= 0.6 is 11.3 Å². The first-order chi connectivity index (χ1) is 5.95. The van der Waals surface area contributed by atoms with Crippen LogP contribution in [-0.4, -0.2) is 0 Å². The van der Waals surface area contributed by atoms with Crippen molar-refractivity contribution in [3.8, 4) is 0 Å². The fourth-order valence-electron chi connectivity index (χ4n) is 0.897. The van der Waals surface area contributed by atoms with Gasteiger partial charge in [-0.25, -0.2) is 0 Å². The Balaban J connectivity index is 0.000000845. The second-order valence-corrected chi connectivity index (χ2v) is 6.93. The Kier molecular flexibility index (Phi) is 4.38. The molecule has 3 heteroatoms. The molecule has 68 valence electrons. The first-order valence-electron chi connectivity index (χ1n) is 3.68. The third-order valence-electron chi connectivity index (χ3n) is 1.42. The van der Waals surface area contributed by atoms with E-state index < -0.39 is 0 Å². The van der Waals surface area contributed by atoms with E-state index in [4.69, 9.17) is 0 Å². The summed E-state index contributed by atoms with van der Waals surface area (Å²) in [6.07, 6.45) is 0. The molecule has 0 fully saturated rings. The summed E-state index contributed by atoms with van der Waals surface area (Å²) in [5.74, 6) is 0. The maximum atomic E-state index is 2.23. The fraction of sp³-hybridized carbons (Fsp3) is 0. The van der Waals surface area contributed by atoms with E-state index >= 15 is 0 Å². The van der Waals surface area contributed by atoms with Gasteiger partial charge in [0.15, 0.2) is 3.57 Å². The molecule has 0 aliphatic heterocycles. The zero-order chi connectivity index (χ0) is 8.23. The summed E-state index contributed by atoms with van der Waals surface area (Å²) in [5, 5.41) is 2.15. The van der Waals surface area contributed by atoms with Crippen molar-refractivity contribution in [3.05, 3.63) is 54.3 Å². The van der Waals surface area contributed by atoms with Gasteiger partial charge in [0.05, 0.1) is 0 Å². The topological polar surface area (TPSA) is 0 Å². The molecule has 1 heterocycles. The largest absolute Gasteiger partial charge is 1.00 e. The molecule has 0 amide bonds. The molecule has 0 N–H and O–H groups in total. The zero-order valence-corrected chi connectivity index (χ0v) is 9.76. The van der Waals surface area contributed by atoms with E-state index in [0.717, 1.165) is 0 Å². The van der Waals surface area contributed by atoms with E-state index in [0.29, 0.717) is 0 Å². The summed E-state index contributed by atoms with van der Waals surface area (Å²) >= 11 is 1.95. The van der Waals surface area contributed by atoms with Crippen LogP contribution in [0.25, 0.3) is 0 Å². The van der Waals surface area contributed by atoms with Crippen LogP contribution in [0.1, 0.15) is 0 Å². The minimum Gasteiger partial charge on any atom is -1.00 e. The predicted octanol–water partition coefficient (Wildman–Crippen LogP) is -3.12. The molecule has 0 saturated carbocycles. The van der Waals surface area contributed by atoms with Gasteiger partial charge in [0, 0.05) is 6.07 Å². The van der Waals surface area contributed by atoms with Crippen LogP contribution in [-0.2, 0) is 0 Å². The van der Waals surface area contributed by atoms with Gasteiger partial charge in [-0.05, 0) is 23.6 Å². The molecule has 1 aromatic carbocycles. The van der Waals surface area contributed by atoms with Crippen LogP contribution in [0.3, 0.4) is 0 Å². The van der Waals surface area contributed by atoms with Gasteiger partial charge >= 0.3 is 21.2 Å². The van der Waals surface area contributed by atoms with Crippen molar-refractivity contribution in [1.29, 1.82) is 0 Å². The van der Waals surface area contributed by atoms with Crippen molar-refractivity contribution in [1.82, 2.24) is 0 Å². The van der Waals surface area contributed by atoms with Gasteiger partial charge < -0.3 is 4.70 Å². The lowest BCUT2D eigenvalue weighted by Gasteiger charge is -1.79. The number of hydrogen-bond acceptors (Lipinski definition) is 1. The highest BCUT2D eigenvalue weighted by molar-refractivity contribution is 7.07. The minimum atomic E-state index is 0. The average Bonchev–Trinajstić information content (AvgIpc) is 2.59. The Hall–Kier alpha value is -0.420. The van der Waals surface area contributed by atoms with Crippen molar-refractivity contribution in [2.45, 2.75) is 0 Å². The van der Waals surface area contributed by atoms with Crippen LogP contribution in [0.5, 0.6) is 0 Å². The second kappa shape index (κ2) is 5.34. The Morgan fingerprint density at radius 1 is 0.923 bits per heavy atom. The number of benzene rings is 1. The van der Waals surface area contributed by atoms with E-state index in [1.165, 1.54) is 3.57 Å². The molecular weight excluding hydrogens is 298 g/mol. The summed E-state index contributed by atoms with van der Waals surface area (Å²) in [5.41, 5.74) is 0. The number of hydrogen-bond donors (Lipinski definition) is 0. The summed E-state index contributed by atoms with van der Waals surface area (Å²) in [6, 6.07) is 15.1. The molecule has 0 nitrogen and oxygen atoms in total. The molecule has 0 aliphatic carbocycles. The third kappa shape index (κ3) is 3.08. The molecule has 0 saturated heterocycles. The Morgan fingerprint density at radius 3 is 2.31 bits per heavy atom. The maximum Gasteiger partial charge on any atom is 0.369 e. The van der Waals surface area contributed by atoms with Gasteiger partial charge in [0.2, 0.25) is 2.88 Å². The number of halogens is 2. The molecule has 0 aliphatic rings. The summed E-state index contributed by atoms with van der Waals surface area (Å²) in [6.45, 7) is 0. The van der Waals surface area contributed by atoms with Gasteiger partial charge in [-0.15, -0.1) is 0 Å². The van der Waals surface area contributed by atoms with Crippen molar-refractivity contribution < 1.29 is 25.9 Å². The van der Waals surface area contributed by atoms with Crippen LogP contribution in [0, 0.1) is 6.45 Å². The molecule has 2 rings (SSSR count). The van der Waals surface area contributed by atoms with E-state index in [1.807, 2.05) is 11.3 Å². The monoisotopic (exact) mass is 306 g/mol. The molecule has 0 radical (unpaired) electrons. The Labute approximate surface area is 91.2 Å². The molecular formula is C10H8FIS. The van der Waals surface area contributed by atoms with Crippen molar-refractivity contribution in [2.24, 2.45) is 0 Å². The van der Waals surface area contributed by atoms with Gasteiger partial charge in [0.25, 0.3) is 0 Å². The quantitative estimate of drug-likeness (QED) is 0.515. The Bertz CT molecular complexity index is 331. The first kappa shape index (κ1) is 10.7. The highest BCUT2D eigenvalue weighted by atomic mass is 127. The third-order valence-corrected chi connectivity index (χ3v) is 5.59. The average molecular weight is 306 g/mol. The summed E-state index contributed by atoms with van der Waals surface area (Å²) < 4.78 is 3.04. The number of rotatable bonds is 2. The van der Waals surface area contributed by atoms with Gasteiger partial charge in [-0.1, -0.05) is 29.5 Å². The van der Waals surface area contributed by atoms with Crippen molar-refractivity contribution in [3.63, 3.8) is 0 Å². The molecule has 0 spiro atoms. The summed E-state index contributed by atoms with van der Waals surface area (Å²) in [4.78, 5) is 0. The van der Waals surface area contributed by atoms with Gasteiger partial charge in [-0.2, -0.15) is 0 Å². The maximum absolute atomic E-state index is 2.23. The van der Waals surface area contributed by atoms with Crippen LogP contribution in [0.4, 0.5) is 0 Å². The van der Waals surface area contributed by atoms with Gasteiger partial charge in [0.1, 0.15) is 0 Å². The minimum absolute atomic E-state index is 0. The molecule has 1 aromatic heterocycles. The van der Waals surface area contributed by atoms with Gasteiger partial charge in [-0.3, -0.25) is 0 Å². The van der Waals surface area contributed by atoms with E-state index in [1.54, 1.807) is 2.88 Å². The first-order valence-corrected chi connectivity index (χ1v) is 6.72. The molecule has 0 unspecified atom stereocenters. The van der Waals surface area contributed by atoms with Crippen molar-refractivity contribution >= 4 is 11.3 Å². The van der Waals surface area contributed by atoms with Crippen molar-refractivity contribution in [2.75, 3.05) is 0 Å². The molecule has 0 atom stereocenters. The fourth-order valence-corrected chi connectivity index (χ4v) is 4.58. The SMILES string of the molecule is [F-].c1ccc([I+]c2cccs2)cc1. The lowest BCUT2D eigenvalue weighted by atomic mass is 10.4.